The molecular weight excluding hydrogens is 289 g/mol. The van der Waals surface area contributed by atoms with Gasteiger partial charge in [0.25, 0.3) is 0 Å². The van der Waals surface area contributed by atoms with E-state index in [1.807, 2.05) is 6.92 Å². The molecule has 1 rings (SSSR count). The number of primary amides is 1. The van der Waals surface area contributed by atoms with Crippen molar-refractivity contribution in [3.63, 3.8) is 0 Å². The average molecular weight is 306 g/mol. The Morgan fingerprint density at radius 2 is 2.00 bits per heavy atom. The number of amides is 1. The van der Waals surface area contributed by atoms with E-state index in [4.69, 9.17) is 33.7 Å². The van der Waals surface area contributed by atoms with Gasteiger partial charge in [-0.15, -0.1) is 0 Å². The lowest BCUT2D eigenvalue weighted by molar-refractivity contribution is -0.000206. The van der Waals surface area contributed by atoms with Gasteiger partial charge >= 0.3 is 6.09 Å². The molecular formula is C13H17Cl2NO3. The lowest BCUT2D eigenvalue weighted by Crippen LogP contribution is -2.28. The van der Waals surface area contributed by atoms with Gasteiger partial charge in [0.05, 0.1) is 0 Å². The summed E-state index contributed by atoms with van der Waals surface area (Å²) in [4.78, 5) is 10.9. The van der Waals surface area contributed by atoms with Crippen LogP contribution in [0.25, 0.3) is 0 Å². The quantitative estimate of drug-likeness (QED) is 0.842. The molecule has 1 aromatic rings. The van der Waals surface area contributed by atoms with Crippen LogP contribution < -0.4 is 5.73 Å². The summed E-state index contributed by atoms with van der Waals surface area (Å²) in [5.74, 6) is 0. The number of hydrogen-bond acceptors (Lipinski definition) is 3. The second-order valence-corrected chi connectivity index (χ2v) is 5.01. The highest BCUT2D eigenvalue weighted by molar-refractivity contribution is 6.36. The molecule has 0 bridgehead atoms. The predicted molar refractivity (Wildman–Crippen MR) is 75.4 cm³/mol. The third-order valence-corrected chi connectivity index (χ3v) is 3.42. The molecule has 0 aromatic heterocycles. The van der Waals surface area contributed by atoms with E-state index in [0.717, 1.165) is 12.8 Å². The molecule has 0 aliphatic heterocycles. The fraction of sp³-hybridized carbons (Fsp3) is 0.462. The second kappa shape index (κ2) is 7.58. The standard InChI is InChI=1S/C13H17Cl2NO3/c1-2-3-7-10(19-13(16)18)12(17)11-8(14)5-4-6-9(11)15/h4-6,10,12,17H,2-3,7H2,1H3,(H2,16,18)/t10-,12+/m1/s1. The van der Waals surface area contributed by atoms with Crippen LogP contribution in [0.4, 0.5) is 4.79 Å². The van der Waals surface area contributed by atoms with E-state index < -0.39 is 18.3 Å². The first kappa shape index (κ1) is 16.1. The van der Waals surface area contributed by atoms with Crippen molar-refractivity contribution in [3.8, 4) is 0 Å². The van der Waals surface area contributed by atoms with Crippen LogP contribution in [0.1, 0.15) is 37.9 Å². The Bertz CT molecular complexity index is 420. The van der Waals surface area contributed by atoms with Gasteiger partial charge in [0.2, 0.25) is 0 Å². The second-order valence-electron chi connectivity index (χ2n) is 4.20. The number of carbonyl (C=O) groups excluding carboxylic acids is 1. The van der Waals surface area contributed by atoms with Crippen LogP contribution in [0, 0.1) is 0 Å². The van der Waals surface area contributed by atoms with Gasteiger partial charge in [-0.25, -0.2) is 4.79 Å². The highest BCUT2D eigenvalue weighted by atomic mass is 35.5. The van der Waals surface area contributed by atoms with Crippen molar-refractivity contribution in [2.75, 3.05) is 0 Å². The minimum absolute atomic E-state index is 0.328. The molecule has 0 aliphatic rings. The molecule has 0 radical (unpaired) electrons. The van der Waals surface area contributed by atoms with E-state index in [2.05, 4.69) is 0 Å². The lowest BCUT2D eigenvalue weighted by atomic mass is 10.00. The fourth-order valence-corrected chi connectivity index (χ4v) is 2.44. The van der Waals surface area contributed by atoms with Crippen LogP contribution in [0.2, 0.25) is 10.0 Å². The molecule has 0 aliphatic carbocycles. The number of aliphatic hydroxyl groups is 1. The van der Waals surface area contributed by atoms with Gasteiger partial charge in [0, 0.05) is 15.6 Å². The zero-order valence-corrected chi connectivity index (χ0v) is 12.1. The summed E-state index contributed by atoms with van der Waals surface area (Å²) >= 11 is 12.0. The van der Waals surface area contributed by atoms with Crippen LogP contribution in [0.5, 0.6) is 0 Å². The molecule has 19 heavy (non-hydrogen) atoms. The molecule has 2 atom stereocenters. The van der Waals surface area contributed by atoms with E-state index in [0.29, 0.717) is 22.0 Å². The maximum atomic E-state index is 10.9. The number of carbonyl (C=O) groups is 1. The van der Waals surface area contributed by atoms with Gasteiger partial charge in [-0.05, 0) is 25.0 Å². The van der Waals surface area contributed by atoms with Crippen molar-refractivity contribution in [3.05, 3.63) is 33.8 Å². The molecule has 0 saturated heterocycles. The molecule has 1 amide bonds. The van der Waals surface area contributed by atoms with Crippen molar-refractivity contribution < 1.29 is 14.6 Å². The first-order valence-corrected chi connectivity index (χ1v) is 6.81. The summed E-state index contributed by atoms with van der Waals surface area (Å²) < 4.78 is 4.95. The summed E-state index contributed by atoms with van der Waals surface area (Å²) in [6.45, 7) is 2.00. The highest BCUT2D eigenvalue weighted by Gasteiger charge is 2.27. The van der Waals surface area contributed by atoms with E-state index >= 15 is 0 Å². The van der Waals surface area contributed by atoms with Crippen molar-refractivity contribution in [2.24, 2.45) is 5.73 Å². The minimum atomic E-state index is -1.10. The number of unbranched alkanes of at least 4 members (excludes halogenated alkanes) is 1. The maximum Gasteiger partial charge on any atom is 0.404 e. The smallest absolute Gasteiger partial charge is 0.404 e. The maximum absolute atomic E-state index is 10.9. The van der Waals surface area contributed by atoms with E-state index in [1.165, 1.54) is 0 Å². The third-order valence-electron chi connectivity index (χ3n) is 2.76. The number of halogens is 2. The SMILES string of the molecule is CCCC[C@@H](OC(N)=O)[C@H](O)c1c(Cl)cccc1Cl. The van der Waals surface area contributed by atoms with Gasteiger partial charge in [-0.1, -0.05) is 42.6 Å². The van der Waals surface area contributed by atoms with Crippen molar-refractivity contribution in [1.82, 2.24) is 0 Å². The predicted octanol–water partition coefficient (Wildman–Crippen LogP) is 3.68. The number of rotatable bonds is 6. The van der Waals surface area contributed by atoms with Crippen LogP contribution in [-0.4, -0.2) is 17.3 Å². The zero-order valence-electron chi connectivity index (χ0n) is 10.6. The van der Waals surface area contributed by atoms with Crippen LogP contribution in [-0.2, 0) is 4.74 Å². The summed E-state index contributed by atoms with van der Waals surface area (Å²) in [6.07, 6.45) is -0.598. The molecule has 0 spiro atoms. The number of aliphatic hydroxyl groups excluding tert-OH is 1. The normalized spacial score (nSPS) is 13.9. The fourth-order valence-electron chi connectivity index (χ4n) is 1.81. The number of hydrogen-bond donors (Lipinski definition) is 2. The Morgan fingerprint density at radius 3 is 2.47 bits per heavy atom. The van der Waals surface area contributed by atoms with E-state index in [1.54, 1.807) is 18.2 Å². The van der Waals surface area contributed by atoms with Gasteiger partial charge in [-0.2, -0.15) is 0 Å². The first-order chi connectivity index (χ1) is 8.97. The lowest BCUT2D eigenvalue weighted by Gasteiger charge is -2.24. The van der Waals surface area contributed by atoms with Crippen LogP contribution in [0.15, 0.2) is 18.2 Å². The Kier molecular flexibility index (Phi) is 6.42. The third kappa shape index (κ3) is 4.56. The summed E-state index contributed by atoms with van der Waals surface area (Å²) in [6, 6.07) is 4.91. The first-order valence-electron chi connectivity index (χ1n) is 6.05. The molecule has 0 heterocycles. The van der Waals surface area contributed by atoms with Gasteiger partial charge in [0.15, 0.2) is 0 Å². The molecule has 0 fully saturated rings. The van der Waals surface area contributed by atoms with Crippen LogP contribution >= 0.6 is 23.2 Å². The topological polar surface area (TPSA) is 72.5 Å². The van der Waals surface area contributed by atoms with Gasteiger partial charge < -0.3 is 15.6 Å². The molecule has 4 nitrogen and oxygen atoms in total. The van der Waals surface area contributed by atoms with Crippen molar-refractivity contribution >= 4 is 29.3 Å². The van der Waals surface area contributed by atoms with E-state index in [9.17, 15) is 9.90 Å². The molecule has 0 unspecified atom stereocenters. The zero-order chi connectivity index (χ0) is 14.4. The molecule has 3 N–H and O–H groups in total. The number of ether oxygens (including phenoxy) is 1. The van der Waals surface area contributed by atoms with Gasteiger partial charge in [0.1, 0.15) is 12.2 Å². The largest absolute Gasteiger partial charge is 0.443 e. The molecule has 0 saturated carbocycles. The summed E-state index contributed by atoms with van der Waals surface area (Å²) in [7, 11) is 0. The number of benzene rings is 1. The van der Waals surface area contributed by atoms with Crippen molar-refractivity contribution in [2.45, 2.75) is 38.4 Å². The summed E-state index contributed by atoms with van der Waals surface area (Å²) in [5.41, 5.74) is 5.37. The monoisotopic (exact) mass is 305 g/mol. The van der Waals surface area contributed by atoms with Crippen molar-refractivity contribution in [1.29, 1.82) is 0 Å². The Morgan fingerprint density at radius 1 is 1.42 bits per heavy atom. The van der Waals surface area contributed by atoms with Gasteiger partial charge in [-0.3, -0.25) is 0 Å². The average Bonchev–Trinajstić information content (AvgIpc) is 2.33. The van der Waals surface area contributed by atoms with E-state index in [-0.39, 0.29) is 0 Å². The Labute approximate surface area is 122 Å². The molecule has 1 aromatic carbocycles. The highest BCUT2D eigenvalue weighted by Crippen LogP contribution is 2.34. The van der Waals surface area contributed by atoms with Crippen LogP contribution in [0.3, 0.4) is 0 Å². The Balaban J connectivity index is 2.97. The minimum Gasteiger partial charge on any atom is -0.443 e. The summed E-state index contributed by atoms with van der Waals surface area (Å²) in [5, 5.41) is 11.0. The number of nitrogens with two attached hydrogens (primary N) is 1. The Hall–Kier alpha value is -0.970. The molecule has 6 heteroatoms. The molecule has 106 valence electrons.